The van der Waals surface area contributed by atoms with Crippen molar-refractivity contribution in [3.63, 3.8) is 0 Å². The highest BCUT2D eigenvalue weighted by atomic mass is 19.1. The molecule has 0 bridgehead atoms. The van der Waals surface area contributed by atoms with Crippen molar-refractivity contribution in [3.05, 3.63) is 71.9 Å². The summed E-state index contributed by atoms with van der Waals surface area (Å²) < 4.78 is 18.5. The number of benzene rings is 2. The summed E-state index contributed by atoms with van der Waals surface area (Å²) in [5.41, 5.74) is 1.33. The van der Waals surface area contributed by atoms with Crippen LogP contribution in [0.2, 0.25) is 0 Å². The third-order valence-corrected chi connectivity index (χ3v) is 4.75. The fraction of sp³-hybridized carbons (Fsp3) is 0.250. The summed E-state index contributed by atoms with van der Waals surface area (Å²) >= 11 is 0. The highest BCUT2D eigenvalue weighted by molar-refractivity contribution is 5.94. The van der Waals surface area contributed by atoms with Gasteiger partial charge < -0.3 is 9.84 Å². The van der Waals surface area contributed by atoms with Crippen LogP contribution < -0.4 is 5.32 Å². The number of carbonyl (C=O) groups excluding carboxylic acids is 1. The number of likely N-dealkylation sites (N-methyl/N-ethyl adjacent to an activating group) is 1. The molecule has 1 aromatic heterocycles. The Morgan fingerprint density at radius 2 is 1.93 bits per heavy atom. The second-order valence-electron chi connectivity index (χ2n) is 6.69. The van der Waals surface area contributed by atoms with Gasteiger partial charge in [-0.2, -0.15) is 4.98 Å². The minimum absolute atomic E-state index is 0.00567. The summed E-state index contributed by atoms with van der Waals surface area (Å²) in [7, 11) is 1.96. The first kappa shape index (κ1) is 17.4. The van der Waals surface area contributed by atoms with Crippen LogP contribution in [0.5, 0.6) is 0 Å². The van der Waals surface area contributed by atoms with Crippen LogP contribution in [-0.4, -0.2) is 40.6 Å². The van der Waals surface area contributed by atoms with Gasteiger partial charge in [-0.3, -0.25) is 9.69 Å². The van der Waals surface area contributed by atoms with Crippen molar-refractivity contribution >= 4 is 5.91 Å². The van der Waals surface area contributed by atoms with Crippen molar-refractivity contribution in [2.75, 3.05) is 13.6 Å². The number of likely N-dealkylation sites (tertiary alicyclic amines) is 1. The number of hydrogen-bond acceptors (Lipinski definition) is 5. The summed E-state index contributed by atoms with van der Waals surface area (Å²) in [5, 5.41) is 7.06. The zero-order chi connectivity index (χ0) is 18.8. The number of rotatable bonds is 4. The van der Waals surface area contributed by atoms with Gasteiger partial charge in [0.2, 0.25) is 11.7 Å². The Balaban J connectivity index is 1.44. The molecule has 1 saturated heterocycles. The smallest absolute Gasteiger partial charge is 0.251 e. The van der Waals surface area contributed by atoms with Crippen LogP contribution >= 0.6 is 0 Å². The first-order valence-electron chi connectivity index (χ1n) is 8.76. The summed E-state index contributed by atoms with van der Waals surface area (Å²) in [6.45, 7) is 0.692. The molecule has 7 heteroatoms. The molecule has 4 rings (SSSR count). The average molecular weight is 366 g/mol. The standard InChI is InChI=1S/C20H19FN4O2/c1-25-12-16(22-19(26)14-5-3-2-4-6-14)11-17(25)20-23-18(24-27-20)13-7-9-15(21)10-8-13/h2-10,16-17H,11-12H2,1H3,(H,22,26). The number of nitrogens with zero attached hydrogens (tertiary/aromatic N) is 3. The monoisotopic (exact) mass is 366 g/mol. The minimum Gasteiger partial charge on any atom is -0.348 e. The second-order valence-corrected chi connectivity index (χ2v) is 6.69. The normalized spacial score (nSPS) is 19.9. The Morgan fingerprint density at radius 3 is 2.67 bits per heavy atom. The number of halogens is 1. The molecule has 138 valence electrons. The lowest BCUT2D eigenvalue weighted by molar-refractivity contribution is 0.0938. The third kappa shape index (κ3) is 3.73. The quantitative estimate of drug-likeness (QED) is 0.768. The maximum atomic E-state index is 13.1. The van der Waals surface area contributed by atoms with E-state index in [-0.39, 0.29) is 23.8 Å². The van der Waals surface area contributed by atoms with Gasteiger partial charge in [-0.15, -0.1) is 0 Å². The maximum Gasteiger partial charge on any atom is 0.251 e. The largest absolute Gasteiger partial charge is 0.348 e. The molecule has 1 aliphatic heterocycles. The van der Waals surface area contributed by atoms with Gasteiger partial charge in [0.1, 0.15) is 5.82 Å². The lowest BCUT2D eigenvalue weighted by atomic mass is 10.1. The number of aromatic nitrogens is 2. The van der Waals surface area contributed by atoms with E-state index in [4.69, 9.17) is 4.52 Å². The van der Waals surface area contributed by atoms with Gasteiger partial charge in [-0.05, 0) is 49.9 Å². The Labute approximate surface area is 156 Å². The Morgan fingerprint density at radius 1 is 1.19 bits per heavy atom. The average Bonchev–Trinajstić information content (AvgIpc) is 3.30. The molecule has 1 N–H and O–H groups in total. The molecule has 0 saturated carbocycles. The van der Waals surface area contributed by atoms with Crippen molar-refractivity contribution in [2.24, 2.45) is 0 Å². The number of amides is 1. The van der Waals surface area contributed by atoms with Crippen molar-refractivity contribution in [3.8, 4) is 11.4 Å². The number of carbonyl (C=O) groups is 1. The summed E-state index contributed by atoms with van der Waals surface area (Å²) in [6, 6.07) is 15.0. The van der Waals surface area contributed by atoms with Crippen molar-refractivity contribution in [2.45, 2.75) is 18.5 Å². The van der Waals surface area contributed by atoms with E-state index in [1.54, 1.807) is 24.3 Å². The van der Waals surface area contributed by atoms with E-state index in [1.807, 2.05) is 25.2 Å². The van der Waals surface area contributed by atoms with Gasteiger partial charge in [0.25, 0.3) is 5.91 Å². The van der Waals surface area contributed by atoms with E-state index in [0.29, 0.717) is 35.8 Å². The first-order valence-corrected chi connectivity index (χ1v) is 8.76. The van der Waals surface area contributed by atoms with E-state index in [9.17, 15) is 9.18 Å². The zero-order valence-corrected chi connectivity index (χ0v) is 14.8. The molecular formula is C20H19FN4O2. The van der Waals surface area contributed by atoms with Crippen LogP contribution in [-0.2, 0) is 0 Å². The van der Waals surface area contributed by atoms with Gasteiger partial charge >= 0.3 is 0 Å². The molecule has 0 radical (unpaired) electrons. The fourth-order valence-corrected chi connectivity index (χ4v) is 3.34. The number of hydrogen-bond donors (Lipinski definition) is 1. The van der Waals surface area contributed by atoms with Crippen LogP contribution in [0.25, 0.3) is 11.4 Å². The predicted molar refractivity (Wildman–Crippen MR) is 97.4 cm³/mol. The molecule has 1 aliphatic rings. The summed E-state index contributed by atoms with van der Waals surface area (Å²) in [4.78, 5) is 18.9. The highest BCUT2D eigenvalue weighted by Gasteiger charge is 2.35. The summed E-state index contributed by atoms with van der Waals surface area (Å²) in [6.07, 6.45) is 0.681. The lowest BCUT2D eigenvalue weighted by Crippen LogP contribution is -2.36. The summed E-state index contributed by atoms with van der Waals surface area (Å²) in [5.74, 6) is 0.519. The SMILES string of the molecule is CN1CC(NC(=O)c2ccccc2)CC1c1nc(-c2ccc(F)cc2)no1. The Kier molecular flexibility index (Phi) is 4.68. The molecule has 0 aliphatic carbocycles. The van der Waals surface area contributed by atoms with Gasteiger partial charge in [-0.25, -0.2) is 4.39 Å². The molecule has 6 nitrogen and oxygen atoms in total. The fourth-order valence-electron chi connectivity index (χ4n) is 3.34. The van der Waals surface area contributed by atoms with E-state index >= 15 is 0 Å². The van der Waals surface area contributed by atoms with Gasteiger partial charge in [0.05, 0.1) is 6.04 Å². The topological polar surface area (TPSA) is 71.3 Å². The third-order valence-electron chi connectivity index (χ3n) is 4.75. The van der Waals surface area contributed by atoms with Crippen molar-refractivity contribution in [1.82, 2.24) is 20.4 Å². The van der Waals surface area contributed by atoms with E-state index in [0.717, 1.165) is 0 Å². The maximum absolute atomic E-state index is 13.1. The molecule has 27 heavy (non-hydrogen) atoms. The molecule has 2 atom stereocenters. The molecular weight excluding hydrogens is 347 g/mol. The minimum atomic E-state index is -0.310. The van der Waals surface area contributed by atoms with Gasteiger partial charge in [0, 0.05) is 23.7 Å². The van der Waals surface area contributed by atoms with Crippen LogP contribution in [0.1, 0.15) is 28.7 Å². The van der Waals surface area contributed by atoms with Crippen LogP contribution in [0.4, 0.5) is 4.39 Å². The highest BCUT2D eigenvalue weighted by Crippen LogP contribution is 2.31. The van der Waals surface area contributed by atoms with Crippen LogP contribution in [0, 0.1) is 5.82 Å². The van der Waals surface area contributed by atoms with Crippen molar-refractivity contribution in [1.29, 1.82) is 0 Å². The molecule has 1 amide bonds. The van der Waals surface area contributed by atoms with Gasteiger partial charge in [-0.1, -0.05) is 23.4 Å². The Bertz CT molecular complexity index is 927. The van der Waals surface area contributed by atoms with Crippen LogP contribution in [0.15, 0.2) is 59.1 Å². The van der Waals surface area contributed by atoms with E-state index in [2.05, 4.69) is 20.4 Å². The molecule has 2 unspecified atom stereocenters. The Hall–Kier alpha value is -3.06. The van der Waals surface area contributed by atoms with E-state index in [1.165, 1.54) is 12.1 Å². The zero-order valence-electron chi connectivity index (χ0n) is 14.8. The molecule has 1 fully saturated rings. The van der Waals surface area contributed by atoms with Crippen LogP contribution in [0.3, 0.4) is 0 Å². The van der Waals surface area contributed by atoms with Crippen molar-refractivity contribution < 1.29 is 13.7 Å². The molecule has 2 aromatic carbocycles. The lowest BCUT2D eigenvalue weighted by Gasteiger charge is -2.14. The predicted octanol–water partition coefficient (Wildman–Crippen LogP) is 3.05. The van der Waals surface area contributed by atoms with Gasteiger partial charge in [0.15, 0.2) is 0 Å². The number of nitrogens with one attached hydrogen (secondary N) is 1. The molecule has 0 spiro atoms. The molecule has 2 heterocycles. The molecule has 3 aromatic rings. The second kappa shape index (κ2) is 7.28. The van der Waals surface area contributed by atoms with E-state index < -0.39 is 0 Å². The first-order chi connectivity index (χ1) is 13.1.